The number of carboxylic acid groups (broad SMARTS) is 1. The molecule has 1 saturated heterocycles. The highest BCUT2D eigenvalue weighted by Gasteiger charge is 2.38. The van der Waals surface area contributed by atoms with Crippen molar-refractivity contribution in [2.24, 2.45) is 11.8 Å². The Labute approximate surface area is 123 Å². The number of rotatable bonds is 4. The monoisotopic (exact) mass is 292 g/mol. The topological polar surface area (TPSA) is 70.1 Å². The van der Waals surface area contributed by atoms with Crippen molar-refractivity contribution >= 4 is 17.7 Å². The predicted octanol–water partition coefficient (Wildman–Crippen LogP) is 1.90. The lowest BCUT2D eigenvalue weighted by atomic mass is 9.87. The summed E-state index contributed by atoms with van der Waals surface area (Å²) in [7, 11) is 3.28. The Morgan fingerprint density at radius 3 is 2.67 bits per heavy atom. The van der Waals surface area contributed by atoms with Crippen molar-refractivity contribution in [3.05, 3.63) is 24.3 Å². The van der Waals surface area contributed by atoms with Crippen LogP contribution in [0, 0.1) is 11.8 Å². The van der Waals surface area contributed by atoms with Gasteiger partial charge in [0.25, 0.3) is 0 Å². The summed E-state index contributed by atoms with van der Waals surface area (Å²) in [5, 5.41) is 8.96. The third-order valence-corrected chi connectivity index (χ3v) is 4.00. The molecule has 6 heteroatoms. The Balaban J connectivity index is 1.97. The molecule has 0 aliphatic carbocycles. The van der Waals surface area contributed by atoms with Gasteiger partial charge < -0.3 is 14.7 Å². The summed E-state index contributed by atoms with van der Waals surface area (Å²) in [6.07, 6.45) is 0. The molecule has 1 aromatic rings. The van der Waals surface area contributed by atoms with Gasteiger partial charge in [-0.25, -0.2) is 4.79 Å². The molecule has 6 nitrogen and oxygen atoms in total. The molecule has 1 aromatic carbocycles. The smallest absolute Gasteiger partial charge is 0.324 e. The van der Waals surface area contributed by atoms with Crippen LogP contribution in [0.4, 0.5) is 10.5 Å². The molecule has 1 atom stereocenters. The van der Waals surface area contributed by atoms with Crippen LogP contribution >= 0.6 is 0 Å². The number of anilines is 1. The van der Waals surface area contributed by atoms with Gasteiger partial charge in [-0.15, -0.1) is 0 Å². The molecule has 0 radical (unpaired) electrons. The molecule has 1 aliphatic heterocycles. The second-order valence-electron chi connectivity index (χ2n) is 5.34. The standard InChI is InChI=1S/C15H20N2O4/c1-10(14(18)19)11-8-17(9-11)15(20)16(2)12-5-4-6-13(7-12)21-3/h4-7,10-11H,8-9H2,1-3H3,(H,18,19). The number of urea groups is 1. The maximum Gasteiger partial charge on any atom is 0.324 e. The quantitative estimate of drug-likeness (QED) is 0.920. The van der Waals surface area contributed by atoms with E-state index in [-0.39, 0.29) is 11.9 Å². The van der Waals surface area contributed by atoms with Crippen molar-refractivity contribution in [1.29, 1.82) is 0 Å². The van der Waals surface area contributed by atoms with Gasteiger partial charge in [0.15, 0.2) is 0 Å². The zero-order valence-corrected chi connectivity index (χ0v) is 12.4. The Hall–Kier alpha value is -2.24. The molecule has 114 valence electrons. The second kappa shape index (κ2) is 6.03. The van der Waals surface area contributed by atoms with Gasteiger partial charge in [-0.3, -0.25) is 9.69 Å². The van der Waals surface area contributed by atoms with E-state index in [1.54, 1.807) is 36.9 Å². The van der Waals surface area contributed by atoms with Crippen molar-refractivity contribution in [3.8, 4) is 5.75 Å². The normalized spacial score (nSPS) is 16.0. The van der Waals surface area contributed by atoms with Gasteiger partial charge >= 0.3 is 12.0 Å². The van der Waals surface area contributed by atoms with Crippen molar-refractivity contribution in [2.75, 3.05) is 32.1 Å². The van der Waals surface area contributed by atoms with Gasteiger partial charge in [-0.2, -0.15) is 0 Å². The lowest BCUT2D eigenvalue weighted by Crippen LogP contribution is -2.56. The average molecular weight is 292 g/mol. The number of nitrogens with zero attached hydrogens (tertiary/aromatic N) is 2. The molecule has 1 unspecified atom stereocenters. The number of hydrogen-bond donors (Lipinski definition) is 1. The van der Waals surface area contributed by atoms with Crippen LogP contribution < -0.4 is 9.64 Å². The van der Waals surface area contributed by atoms with Crippen LogP contribution in [0.25, 0.3) is 0 Å². The zero-order chi connectivity index (χ0) is 15.6. The van der Waals surface area contributed by atoms with Crippen LogP contribution in [-0.2, 0) is 4.79 Å². The number of likely N-dealkylation sites (tertiary alicyclic amines) is 1. The fourth-order valence-corrected chi connectivity index (χ4v) is 2.33. The first-order chi connectivity index (χ1) is 9.93. The number of hydrogen-bond acceptors (Lipinski definition) is 3. The van der Waals surface area contributed by atoms with E-state index >= 15 is 0 Å². The van der Waals surface area contributed by atoms with Crippen LogP contribution in [-0.4, -0.2) is 49.3 Å². The molecule has 0 saturated carbocycles. The zero-order valence-electron chi connectivity index (χ0n) is 12.4. The minimum atomic E-state index is -0.812. The highest BCUT2D eigenvalue weighted by atomic mass is 16.5. The van der Waals surface area contributed by atoms with Gasteiger partial charge in [-0.05, 0) is 12.1 Å². The number of carbonyl (C=O) groups is 2. The van der Waals surface area contributed by atoms with Crippen molar-refractivity contribution < 1.29 is 19.4 Å². The summed E-state index contributed by atoms with van der Waals surface area (Å²) < 4.78 is 5.14. The summed E-state index contributed by atoms with van der Waals surface area (Å²) >= 11 is 0. The number of carbonyl (C=O) groups excluding carboxylic acids is 1. The molecule has 21 heavy (non-hydrogen) atoms. The van der Waals surface area contributed by atoms with E-state index in [4.69, 9.17) is 9.84 Å². The van der Waals surface area contributed by atoms with E-state index in [1.807, 2.05) is 18.2 Å². The van der Waals surface area contributed by atoms with Gasteiger partial charge in [0, 0.05) is 37.8 Å². The molecule has 1 N–H and O–H groups in total. The minimum Gasteiger partial charge on any atom is -0.497 e. The summed E-state index contributed by atoms with van der Waals surface area (Å²) in [6.45, 7) is 2.65. The minimum absolute atomic E-state index is 0.0326. The fraction of sp³-hybridized carbons (Fsp3) is 0.467. The molecular weight excluding hydrogens is 272 g/mol. The van der Waals surface area contributed by atoms with Gasteiger partial charge in [0.2, 0.25) is 0 Å². The SMILES string of the molecule is COc1cccc(N(C)C(=O)N2CC(C(C)C(=O)O)C2)c1. The Morgan fingerprint density at radius 2 is 2.10 bits per heavy atom. The van der Waals surface area contributed by atoms with Crippen LogP contribution in [0.15, 0.2) is 24.3 Å². The van der Waals surface area contributed by atoms with E-state index in [0.29, 0.717) is 18.8 Å². The number of amides is 2. The van der Waals surface area contributed by atoms with Gasteiger partial charge in [0.1, 0.15) is 5.75 Å². The van der Waals surface area contributed by atoms with E-state index in [1.165, 1.54) is 0 Å². The fourth-order valence-electron chi connectivity index (χ4n) is 2.33. The van der Waals surface area contributed by atoms with Crippen LogP contribution in [0.3, 0.4) is 0 Å². The second-order valence-corrected chi connectivity index (χ2v) is 5.34. The highest BCUT2D eigenvalue weighted by Crippen LogP contribution is 2.27. The molecule has 2 rings (SSSR count). The summed E-state index contributed by atoms with van der Waals surface area (Å²) in [5.74, 6) is -0.511. The molecule has 0 spiro atoms. The van der Waals surface area contributed by atoms with E-state index < -0.39 is 11.9 Å². The van der Waals surface area contributed by atoms with E-state index in [0.717, 1.165) is 5.69 Å². The molecule has 1 heterocycles. The van der Waals surface area contributed by atoms with E-state index in [2.05, 4.69) is 0 Å². The molecule has 1 aliphatic rings. The van der Waals surface area contributed by atoms with Crippen molar-refractivity contribution in [2.45, 2.75) is 6.92 Å². The molecule has 0 bridgehead atoms. The first-order valence-electron chi connectivity index (χ1n) is 6.83. The Bertz CT molecular complexity index is 540. The van der Waals surface area contributed by atoms with Gasteiger partial charge in [0.05, 0.1) is 13.0 Å². The maximum atomic E-state index is 12.3. The van der Waals surface area contributed by atoms with Crippen molar-refractivity contribution in [3.63, 3.8) is 0 Å². The third kappa shape index (κ3) is 3.09. The summed E-state index contributed by atoms with van der Waals surface area (Å²) in [6, 6.07) is 7.13. The molecule has 1 fully saturated rings. The lowest BCUT2D eigenvalue weighted by Gasteiger charge is -2.42. The predicted molar refractivity (Wildman–Crippen MR) is 78.7 cm³/mol. The first kappa shape index (κ1) is 15.2. The maximum absolute atomic E-state index is 12.3. The Morgan fingerprint density at radius 1 is 1.43 bits per heavy atom. The van der Waals surface area contributed by atoms with Crippen LogP contribution in [0.1, 0.15) is 6.92 Å². The van der Waals surface area contributed by atoms with Crippen LogP contribution in [0.5, 0.6) is 5.75 Å². The highest BCUT2D eigenvalue weighted by molar-refractivity contribution is 5.92. The molecule has 2 amide bonds. The number of carboxylic acids is 1. The van der Waals surface area contributed by atoms with Gasteiger partial charge in [-0.1, -0.05) is 13.0 Å². The number of methoxy groups -OCH3 is 1. The molecule has 0 aromatic heterocycles. The number of ether oxygens (including phenoxy) is 1. The first-order valence-corrected chi connectivity index (χ1v) is 6.83. The van der Waals surface area contributed by atoms with Crippen molar-refractivity contribution in [1.82, 2.24) is 4.90 Å². The Kier molecular flexibility index (Phi) is 4.35. The third-order valence-electron chi connectivity index (χ3n) is 4.00. The summed E-state index contributed by atoms with van der Waals surface area (Å²) in [4.78, 5) is 26.4. The van der Waals surface area contributed by atoms with E-state index in [9.17, 15) is 9.59 Å². The number of benzene rings is 1. The molecular formula is C15H20N2O4. The average Bonchev–Trinajstić information content (AvgIpc) is 2.44. The lowest BCUT2D eigenvalue weighted by molar-refractivity contribution is -0.144. The number of aliphatic carboxylic acids is 1. The van der Waals surface area contributed by atoms with Crippen LogP contribution in [0.2, 0.25) is 0 Å². The largest absolute Gasteiger partial charge is 0.497 e. The summed E-state index contributed by atoms with van der Waals surface area (Å²) in [5.41, 5.74) is 0.745.